The summed E-state index contributed by atoms with van der Waals surface area (Å²) in [5.41, 5.74) is 2.68. The van der Waals surface area contributed by atoms with Crippen molar-refractivity contribution in [2.45, 2.75) is 45.9 Å². The molecule has 0 saturated carbocycles. The molecule has 0 bridgehead atoms. The smallest absolute Gasteiger partial charge is 0.410 e. The summed E-state index contributed by atoms with van der Waals surface area (Å²) in [7, 11) is 1.51. The molecule has 0 saturated heterocycles. The highest BCUT2D eigenvalue weighted by Gasteiger charge is 2.26. The van der Waals surface area contributed by atoms with Crippen LogP contribution in [0.25, 0.3) is 0 Å². The van der Waals surface area contributed by atoms with Gasteiger partial charge in [0.25, 0.3) is 5.91 Å². The topological polar surface area (TPSA) is 67.9 Å². The standard InChI is InChI=1S/C16H24N2O4/c1-12(18(5)15(20)22-16(2,3)4)14(19)17-21-11-13-9-7-6-8-10-13/h6-10,12H,11H2,1-5H3,(H,17,19). The second-order valence-corrected chi connectivity index (χ2v) is 6.01. The van der Waals surface area contributed by atoms with Crippen LogP contribution in [0.3, 0.4) is 0 Å². The van der Waals surface area contributed by atoms with Gasteiger partial charge in [-0.1, -0.05) is 30.3 Å². The van der Waals surface area contributed by atoms with Crippen LogP contribution in [0.4, 0.5) is 4.79 Å². The van der Waals surface area contributed by atoms with Crippen molar-refractivity contribution < 1.29 is 19.2 Å². The van der Waals surface area contributed by atoms with Gasteiger partial charge in [0.2, 0.25) is 0 Å². The molecule has 0 radical (unpaired) electrons. The van der Waals surface area contributed by atoms with Gasteiger partial charge in [-0.25, -0.2) is 10.3 Å². The maximum Gasteiger partial charge on any atom is 0.410 e. The third kappa shape index (κ3) is 6.13. The van der Waals surface area contributed by atoms with Gasteiger partial charge in [0.15, 0.2) is 0 Å². The van der Waals surface area contributed by atoms with E-state index in [1.54, 1.807) is 27.7 Å². The second kappa shape index (κ2) is 7.79. The zero-order valence-corrected chi connectivity index (χ0v) is 13.8. The highest BCUT2D eigenvalue weighted by Crippen LogP contribution is 2.10. The molecule has 1 atom stereocenters. The number of rotatable bonds is 5. The van der Waals surface area contributed by atoms with Crippen LogP contribution in [-0.2, 0) is 21.0 Å². The van der Waals surface area contributed by atoms with Crippen molar-refractivity contribution in [3.05, 3.63) is 35.9 Å². The van der Waals surface area contributed by atoms with Crippen molar-refractivity contribution in [3.8, 4) is 0 Å². The Hall–Kier alpha value is -2.08. The van der Waals surface area contributed by atoms with Gasteiger partial charge in [-0.15, -0.1) is 0 Å². The Morgan fingerprint density at radius 3 is 2.36 bits per heavy atom. The summed E-state index contributed by atoms with van der Waals surface area (Å²) in [4.78, 5) is 30.2. The molecule has 0 heterocycles. The molecular weight excluding hydrogens is 284 g/mol. The normalized spacial score (nSPS) is 12.4. The minimum atomic E-state index is -0.703. The van der Waals surface area contributed by atoms with Crippen LogP contribution in [0.5, 0.6) is 0 Å². The summed E-state index contributed by atoms with van der Waals surface area (Å²) >= 11 is 0. The van der Waals surface area contributed by atoms with Gasteiger partial charge in [-0.05, 0) is 33.3 Å². The number of ether oxygens (including phenoxy) is 1. The van der Waals surface area contributed by atoms with Crippen molar-refractivity contribution in [1.29, 1.82) is 0 Å². The molecule has 22 heavy (non-hydrogen) atoms. The first kappa shape index (κ1) is 18.0. The fraction of sp³-hybridized carbons (Fsp3) is 0.500. The first-order valence-electron chi connectivity index (χ1n) is 7.12. The number of hydrogen-bond acceptors (Lipinski definition) is 4. The predicted molar refractivity (Wildman–Crippen MR) is 82.8 cm³/mol. The number of carbonyl (C=O) groups is 2. The van der Waals surface area contributed by atoms with Crippen LogP contribution in [-0.4, -0.2) is 35.6 Å². The molecule has 1 N–H and O–H groups in total. The van der Waals surface area contributed by atoms with E-state index >= 15 is 0 Å². The summed E-state index contributed by atoms with van der Waals surface area (Å²) < 4.78 is 5.21. The van der Waals surface area contributed by atoms with E-state index in [1.165, 1.54) is 11.9 Å². The average molecular weight is 308 g/mol. The van der Waals surface area contributed by atoms with Gasteiger partial charge in [-0.2, -0.15) is 0 Å². The van der Waals surface area contributed by atoms with Crippen LogP contribution in [0.15, 0.2) is 30.3 Å². The summed E-state index contributed by atoms with van der Waals surface area (Å²) in [5, 5.41) is 0. The Bertz CT molecular complexity index is 497. The maximum absolute atomic E-state index is 12.0. The summed E-state index contributed by atoms with van der Waals surface area (Å²) in [6.45, 7) is 7.17. The van der Waals surface area contributed by atoms with Crippen molar-refractivity contribution in [3.63, 3.8) is 0 Å². The first-order chi connectivity index (χ1) is 10.2. The summed E-state index contributed by atoms with van der Waals surface area (Å²) in [6.07, 6.45) is -0.557. The molecule has 6 heteroatoms. The molecule has 1 aromatic carbocycles. The number of carbonyl (C=O) groups excluding carboxylic acids is 2. The quantitative estimate of drug-likeness (QED) is 0.849. The number of amides is 2. The minimum Gasteiger partial charge on any atom is -0.444 e. The van der Waals surface area contributed by atoms with E-state index in [4.69, 9.17) is 9.57 Å². The molecule has 1 aromatic rings. The van der Waals surface area contributed by atoms with Gasteiger partial charge in [0, 0.05) is 7.05 Å². The Labute approximate surface area is 131 Å². The molecule has 0 aliphatic carbocycles. The zero-order chi connectivity index (χ0) is 16.8. The number of likely N-dealkylation sites (N-methyl/N-ethyl adjacent to an activating group) is 1. The van der Waals surface area contributed by atoms with E-state index in [0.717, 1.165) is 5.56 Å². The lowest BCUT2D eigenvalue weighted by atomic mass is 10.2. The summed E-state index contributed by atoms with van der Waals surface area (Å²) in [5.74, 6) is -0.413. The van der Waals surface area contributed by atoms with Gasteiger partial charge in [0.05, 0.1) is 6.61 Å². The molecule has 1 unspecified atom stereocenters. The minimum absolute atomic E-state index is 0.259. The SMILES string of the molecule is CC(C(=O)NOCc1ccccc1)N(C)C(=O)OC(C)(C)C. The third-order valence-corrected chi connectivity index (χ3v) is 2.90. The van der Waals surface area contributed by atoms with Gasteiger partial charge in [0.1, 0.15) is 11.6 Å². The van der Waals surface area contributed by atoms with E-state index in [0.29, 0.717) is 0 Å². The Kier molecular flexibility index (Phi) is 6.37. The fourth-order valence-electron chi connectivity index (χ4n) is 1.52. The average Bonchev–Trinajstić information content (AvgIpc) is 2.44. The first-order valence-corrected chi connectivity index (χ1v) is 7.12. The number of hydroxylamine groups is 1. The van der Waals surface area contributed by atoms with Crippen LogP contribution >= 0.6 is 0 Å². The fourth-order valence-corrected chi connectivity index (χ4v) is 1.52. The molecule has 0 aliphatic heterocycles. The van der Waals surface area contributed by atoms with E-state index in [1.807, 2.05) is 30.3 Å². The molecular formula is C16H24N2O4. The number of benzene rings is 1. The number of nitrogens with zero attached hydrogens (tertiary/aromatic N) is 1. The van der Waals surface area contributed by atoms with E-state index < -0.39 is 23.6 Å². The van der Waals surface area contributed by atoms with E-state index in [2.05, 4.69) is 5.48 Å². The lowest BCUT2D eigenvalue weighted by molar-refractivity contribution is -0.139. The molecule has 0 aliphatic rings. The largest absolute Gasteiger partial charge is 0.444 e. The number of nitrogens with one attached hydrogen (secondary N) is 1. The van der Waals surface area contributed by atoms with Crippen LogP contribution < -0.4 is 5.48 Å². The van der Waals surface area contributed by atoms with Gasteiger partial charge in [-0.3, -0.25) is 14.5 Å². The Balaban J connectivity index is 2.42. The van der Waals surface area contributed by atoms with Crippen molar-refractivity contribution >= 4 is 12.0 Å². The Morgan fingerprint density at radius 1 is 1.23 bits per heavy atom. The van der Waals surface area contributed by atoms with Crippen molar-refractivity contribution in [2.24, 2.45) is 0 Å². The van der Waals surface area contributed by atoms with Crippen molar-refractivity contribution in [1.82, 2.24) is 10.4 Å². The molecule has 122 valence electrons. The monoisotopic (exact) mass is 308 g/mol. The van der Waals surface area contributed by atoms with E-state index in [9.17, 15) is 9.59 Å². The van der Waals surface area contributed by atoms with Crippen LogP contribution in [0.2, 0.25) is 0 Å². The Morgan fingerprint density at radius 2 is 1.82 bits per heavy atom. The van der Waals surface area contributed by atoms with Crippen LogP contribution in [0, 0.1) is 0 Å². The molecule has 1 rings (SSSR count). The highest BCUT2D eigenvalue weighted by atomic mass is 16.7. The van der Waals surface area contributed by atoms with Crippen LogP contribution in [0.1, 0.15) is 33.3 Å². The zero-order valence-electron chi connectivity index (χ0n) is 13.8. The van der Waals surface area contributed by atoms with Gasteiger partial charge >= 0.3 is 6.09 Å². The third-order valence-electron chi connectivity index (χ3n) is 2.90. The molecule has 2 amide bonds. The number of hydrogen-bond donors (Lipinski definition) is 1. The maximum atomic E-state index is 12.0. The highest BCUT2D eigenvalue weighted by molar-refractivity contribution is 5.84. The van der Waals surface area contributed by atoms with Gasteiger partial charge < -0.3 is 4.74 Å². The lowest BCUT2D eigenvalue weighted by Gasteiger charge is -2.27. The van der Waals surface area contributed by atoms with E-state index in [-0.39, 0.29) is 6.61 Å². The van der Waals surface area contributed by atoms with Crippen molar-refractivity contribution in [2.75, 3.05) is 7.05 Å². The molecule has 0 aromatic heterocycles. The second-order valence-electron chi connectivity index (χ2n) is 6.01. The predicted octanol–water partition coefficient (Wildman–Crippen LogP) is 2.49. The summed E-state index contributed by atoms with van der Waals surface area (Å²) in [6, 6.07) is 8.76. The molecule has 6 nitrogen and oxygen atoms in total. The lowest BCUT2D eigenvalue weighted by Crippen LogP contribution is -2.47. The molecule has 0 spiro atoms. The molecule has 0 fully saturated rings.